The van der Waals surface area contributed by atoms with Crippen molar-refractivity contribution in [1.29, 1.82) is 0 Å². The summed E-state index contributed by atoms with van der Waals surface area (Å²) >= 11 is 24.5. The third kappa shape index (κ3) is 4.70. The van der Waals surface area contributed by atoms with Crippen molar-refractivity contribution in [2.75, 3.05) is 10.6 Å². The Kier molecular flexibility index (Phi) is 6.75. The number of rotatable bonds is 5. The number of carbonyl (C=O) groups is 2. The summed E-state index contributed by atoms with van der Waals surface area (Å²) in [5.41, 5.74) is -0.117. The van der Waals surface area contributed by atoms with Crippen LogP contribution < -0.4 is 10.6 Å². The first-order valence-corrected chi connectivity index (χ1v) is 11.2. The van der Waals surface area contributed by atoms with Gasteiger partial charge >= 0.3 is 0 Å². The number of benzene rings is 3. The molecule has 0 aromatic heterocycles. The monoisotopic (exact) mass is 546 g/mol. The van der Waals surface area contributed by atoms with Gasteiger partial charge in [0.05, 0.1) is 21.5 Å². The predicted octanol–water partition coefficient (Wildman–Crippen LogP) is 7.19. The van der Waals surface area contributed by atoms with Gasteiger partial charge in [0.25, 0.3) is 5.91 Å². The smallest absolute Gasteiger partial charge is 0.257 e. The first kappa shape index (κ1) is 24.7. The zero-order valence-electron chi connectivity index (χ0n) is 16.8. The van der Waals surface area contributed by atoms with Crippen LogP contribution in [0.25, 0.3) is 0 Å². The Hall–Kier alpha value is -2.45. The van der Waals surface area contributed by atoms with Crippen molar-refractivity contribution in [1.82, 2.24) is 0 Å². The van der Waals surface area contributed by atoms with Gasteiger partial charge in [0.2, 0.25) is 5.91 Å². The average Bonchev–Trinajstić information content (AvgIpc) is 3.36. The summed E-state index contributed by atoms with van der Waals surface area (Å²) in [4.78, 5) is 25.4. The van der Waals surface area contributed by atoms with Crippen LogP contribution >= 0.6 is 46.4 Å². The Bertz CT molecular complexity index is 1300. The molecule has 34 heavy (non-hydrogen) atoms. The molecule has 2 N–H and O–H groups in total. The highest BCUT2D eigenvalue weighted by atomic mass is 35.5. The van der Waals surface area contributed by atoms with Crippen LogP contribution in [-0.4, -0.2) is 16.1 Å². The number of anilines is 2. The molecule has 1 aliphatic carbocycles. The lowest BCUT2D eigenvalue weighted by Crippen LogP contribution is -2.18. The van der Waals surface area contributed by atoms with Crippen LogP contribution in [0.5, 0.6) is 0 Å². The number of hydrogen-bond acceptors (Lipinski definition) is 2. The third-order valence-corrected chi connectivity index (χ3v) is 6.88. The topological polar surface area (TPSA) is 58.2 Å². The molecular formula is C23H13Cl4F3N2O2. The van der Waals surface area contributed by atoms with Crippen LogP contribution in [0.15, 0.2) is 54.6 Å². The van der Waals surface area contributed by atoms with E-state index >= 15 is 0 Å². The molecule has 0 spiro atoms. The maximum absolute atomic E-state index is 13.9. The quantitative estimate of drug-likeness (QED) is 0.332. The summed E-state index contributed by atoms with van der Waals surface area (Å²) in [6, 6.07) is 11.1. The van der Waals surface area contributed by atoms with Gasteiger partial charge in [-0.1, -0.05) is 35.3 Å². The number of amides is 2. The molecule has 2 atom stereocenters. The fraction of sp³-hybridized carbons (Fsp3) is 0.130. The molecule has 3 aromatic rings. The Morgan fingerprint density at radius 2 is 1.50 bits per heavy atom. The minimum Gasteiger partial charge on any atom is -0.326 e. The second kappa shape index (κ2) is 9.30. The minimum atomic E-state index is -1.46. The number of carbonyl (C=O) groups excluding carboxylic acids is 2. The van der Waals surface area contributed by atoms with E-state index in [-0.39, 0.29) is 21.3 Å². The molecule has 0 heterocycles. The maximum Gasteiger partial charge on any atom is 0.257 e. The predicted molar refractivity (Wildman–Crippen MR) is 126 cm³/mol. The van der Waals surface area contributed by atoms with E-state index in [2.05, 4.69) is 10.6 Å². The fourth-order valence-electron chi connectivity index (χ4n) is 3.57. The normalized spacial score (nSPS) is 18.3. The zero-order chi connectivity index (χ0) is 24.8. The van der Waals surface area contributed by atoms with Crippen LogP contribution in [0.3, 0.4) is 0 Å². The van der Waals surface area contributed by atoms with Crippen LogP contribution in [0.1, 0.15) is 21.8 Å². The molecule has 4 nitrogen and oxygen atoms in total. The van der Waals surface area contributed by atoms with Crippen molar-refractivity contribution in [3.63, 3.8) is 0 Å². The van der Waals surface area contributed by atoms with Crippen molar-refractivity contribution in [2.24, 2.45) is 5.92 Å². The minimum absolute atomic E-state index is 0.0125. The highest BCUT2D eigenvalue weighted by molar-refractivity contribution is 6.53. The van der Waals surface area contributed by atoms with Crippen molar-refractivity contribution in [3.8, 4) is 0 Å². The molecule has 4 rings (SSSR count). The molecule has 1 saturated carbocycles. The Labute approximate surface area is 211 Å². The molecule has 0 radical (unpaired) electrons. The Morgan fingerprint density at radius 1 is 0.824 bits per heavy atom. The molecule has 11 heteroatoms. The molecule has 176 valence electrons. The second-order valence-corrected chi connectivity index (χ2v) is 9.80. The maximum atomic E-state index is 13.9. The van der Waals surface area contributed by atoms with Gasteiger partial charge in [0.15, 0.2) is 0 Å². The summed E-state index contributed by atoms with van der Waals surface area (Å²) in [7, 11) is 0. The summed E-state index contributed by atoms with van der Waals surface area (Å²) in [6.07, 6.45) is 0. The SMILES string of the molecule is O=C(Nc1c(F)cccc1F)c1cc(NC(=O)[C@@H]2[C@@H](c3ccc(F)c(Cl)c3)C2(Cl)Cl)ccc1Cl. The first-order chi connectivity index (χ1) is 16.0. The molecule has 1 aliphatic rings. The van der Waals surface area contributed by atoms with E-state index in [0.717, 1.165) is 24.3 Å². The zero-order valence-corrected chi connectivity index (χ0v) is 19.8. The van der Waals surface area contributed by atoms with Crippen molar-refractivity contribution in [2.45, 2.75) is 10.3 Å². The summed E-state index contributed by atoms with van der Waals surface area (Å²) in [5.74, 6) is -5.54. The molecule has 2 amide bonds. The number of hydrogen-bond donors (Lipinski definition) is 2. The van der Waals surface area contributed by atoms with Crippen molar-refractivity contribution >= 4 is 69.6 Å². The van der Waals surface area contributed by atoms with Gasteiger partial charge in [-0.05, 0) is 48.0 Å². The summed E-state index contributed by atoms with van der Waals surface area (Å²) in [6.45, 7) is 0. The van der Waals surface area contributed by atoms with Gasteiger partial charge in [0.1, 0.15) is 27.5 Å². The van der Waals surface area contributed by atoms with Crippen LogP contribution in [0.2, 0.25) is 10.0 Å². The first-order valence-electron chi connectivity index (χ1n) is 9.69. The summed E-state index contributed by atoms with van der Waals surface area (Å²) in [5, 5.41) is 4.58. The standard InChI is InChI=1S/C23H13Cl4F3N2O2/c24-13-6-5-11(9-12(13)21(33)32-20-16(29)2-1-3-17(20)30)31-22(34)19-18(23(19,26)27)10-4-7-15(28)14(25)8-10/h1-9,18-19H,(H,31,34)(H,32,33)/t18-,19+/m1/s1. The molecule has 0 bridgehead atoms. The lowest BCUT2D eigenvalue weighted by atomic mass is 10.1. The van der Waals surface area contributed by atoms with Crippen LogP contribution in [0, 0.1) is 23.4 Å². The number of para-hydroxylation sites is 1. The summed E-state index contributed by atoms with van der Waals surface area (Å²) < 4.78 is 39.8. The largest absolute Gasteiger partial charge is 0.326 e. The van der Waals surface area contributed by atoms with Gasteiger partial charge in [0, 0.05) is 11.6 Å². The highest BCUT2D eigenvalue weighted by Crippen LogP contribution is 2.65. The van der Waals surface area contributed by atoms with E-state index in [1.54, 1.807) is 0 Å². The van der Waals surface area contributed by atoms with Crippen molar-refractivity contribution < 1.29 is 22.8 Å². The average molecular weight is 548 g/mol. The second-order valence-electron chi connectivity index (χ2n) is 7.54. The Balaban J connectivity index is 1.52. The molecule has 1 fully saturated rings. The molecular weight excluding hydrogens is 535 g/mol. The van der Waals surface area contributed by atoms with E-state index in [1.807, 2.05) is 0 Å². The van der Waals surface area contributed by atoms with E-state index < -0.39 is 51.1 Å². The Morgan fingerprint density at radius 3 is 2.15 bits per heavy atom. The van der Waals surface area contributed by atoms with E-state index in [4.69, 9.17) is 46.4 Å². The van der Waals surface area contributed by atoms with Gasteiger partial charge < -0.3 is 10.6 Å². The van der Waals surface area contributed by atoms with Gasteiger partial charge in [-0.15, -0.1) is 23.2 Å². The van der Waals surface area contributed by atoms with Gasteiger partial charge in [-0.25, -0.2) is 13.2 Å². The lowest BCUT2D eigenvalue weighted by molar-refractivity contribution is -0.117. The van der Waals surface area contributed by atoms with E-state index in [9.17, 15) is 22.8 Å². The fourth-order valence-corrected chi connectivity index (χ4v) is 4.79. The van der Waals surface area contributed by atoms with E-state index in [1.165, 1.54) is 30.3 Å². The highest BCUT2D eigenvalue weighted by Gasteiger charge is 2.67. The van der Waals surface area contributed by atoms with Crippen LogP contribution in [-0.2, 0) is 4.79 Å². The van der Waals surface area contributed by atoms with Gasteiger partial charge in [-0.3, -0.25) is 9.59 Å². The van der Waals surface area contributed by atoms with Gasteiger partial charge in [-0.2, -0.15) is 0 Å². The molecule has 0 aliphatic heterocycles. The molecule has 0 unspecified atom stereocenters. The van der Waals surface area contributed by atoms with Crippen LogP contribution in [0.4, 0.5) is 24.5 Å². The third-order valence-electron chi connectivity index (χ3n) is 5.32. The number of alkyl halides is 2. The number of nitrogens with one attached hydrogen (secondary N) is 2. The molecule has 3 aromatic carbocycles. The number of halogens is 7. The van der Waals surface area contributed by atoms with Crippen molar-refractivity contribution in [3.05, 3.63) is 93.2 Å². The lowest BCUT2D eigenvalue weighted by Gasteiger charge is -2.11. The van der Waals surface area contributed by atoms with E-state index in [0.29, 0.717) is 5.56 Å². The molecule has 0 saturated heterocycles.